The molecule has 678 valence electrons. The van der Waals surface area contributed by atoms with E-state index in [1.54, 1.807) is 0 Å². The van der Waals surface area contributed by atoms with Gasteiger partial charge in [0.15, 0.2) is 12.2 Å². The van der Waals surface area contributed by atoms with Crippen LogP contribution in [0.3, 0.4) is 0 Å². The second-order valence-corrected chi connectivity index (χ2v) is 37.0. The Labute approximate surface area is 702 Å². The van der Waals surface area contributed by atoms with Gasteiger partial charge in [-0.25, -0.2) is 9.13 Å². The number of phosphoric acid groups is 2. The van der Waals surface area contributed by atoms with E-state index in [0.29, 0.717) is 25.7 Å². The molecule has 0 radical (unpaired) electrons. The first-order valence-corrected chi connectivity index (χ1v) is 52.3. The molecule has 0 aliphatic heterocycles. The molecule has 0 heterocycles. The molecular formula is C95H186O17P2. The average Bonchev–Trinajstić information content (AvgIpc) is 0.898. The number of hydrogen-bond acceptors (Lipinski definition) is 15. The van der Waals surface area contributed by atoms with Crippen LogP contribution in [0.25, 0.3) is 0 Å². The fraction of sp³-hybridized carbons (Fsp3) is 0.958. The van der Waals surface area contributed by atoms with Gasteiger partial charge < -0.3 is 33.8 Å². The summed E-state index contributed by atoms with van der Waals surface area (Å²) in [5, 5.41) is 10.7. The largest absolute Gasteiger partial charge is 0.472 e. The summed E-state index contributed by atoms with van der Waals surface area (Å²) in [5.74, 6) is -2.09. The zero-order valence-corrected chi connectivity index (χ0v) is 76.9. The lowest BCUT2D eigenvalue weighted by Crippen LogP contribution is -2.30. The number of phosphoric ester groups is 2. The minimum atomic E-state index is -4.97. The van der Waals surface area contributed by atoms with Crippen LogP contribution in [0, 0.1) is 0 Å². The highest BCUT2D eigenvalue weighted by Gasteiger charge is 2.31. The van der Waals surface area contributed by atoms with Crippen molar-refractivity contribution < 1.29 is 80.2 Å². The first-order valence-electron chi connectivity index (χ1n) is 49.3. The molecule has 0 aromatic carbocycles. The quantitative estimate of drug-likeness (QED) is 0.0222. The van der Waals surface area contributed by atoms with Crippen LogP contribution in [-0.2, 0) is 65.4 Å². The molecule has 114 heavy (non-hydrogen) atoms. The lowest BCUT2D eigenvalue weighted by Gasteiger charge is -2.21. The Morgan fingerprint density at radius 2 is 0.351 bits per heavy atom. The second-order valence-electron chi connectivity index (χ2n) is 34.1. The van der Waals surface area contributed by atoms with Gasteiger partial charge in [-0.2, -0.15) is 0 Å². The molecule has 0 saturated carbocycles. The number of ether oxygens (including phenoxy) is 4. The van der Waals surface area contributed by atoms with E-state index in [2.05, 4.69) is 27.7 Å². The van der Waals surface area contributed by atoms with E-state index in [1.165, 1.54) is 360 Å². The van der Waals surface area contributed by atoms with E-state index in [0.717, 1.165) is 89.9 Å². The molecule has 19 heteroatoms. The monoisotopic (exact) mass is 1660 g/mol. The normalized spacial score (nSPS) is 13.6. The molecule has 0 amide bonds. The SMILES string of the molecule is CCCCCCCCCCCCCCCCCCCCCCCCC(=O)O[C@H](COC(=O)CCCCCCCCCCCCCCCCCCCCCCC)COP(=O)(O)OC[C@@H](O)COP(=O)(O)OC[C@@H](COC(=O)CCCCCCCCCCCCCC)OC(=O)CCCCCCCCCCCCCCCCCCCCC. The number of aliphatic hydroxyl groups excluding tert-OH is 1. The number of rotatable bonds is 96. The molecule has 17 nitrogen and oxygen atoms in total. The predicted octanol–water partition coefficient (Wildman–Crippen LogP) is 30.0. The van der Waals surface area contributed by atoms with Crippen molar-refractivity contribution >= 4 is 39.5 Å². The molecule has 0 aliphatic rings. The lowest BCUT2D eigenvalue weighted by atomic mass is 10.0. The van der Waals surface area contributed by atoms with Crippen LogP contribution in [0.15, 0.2) is 0 Å². The Kier molecular flexibility index (Phi) is 87.3. The van der Waals surface area contributed by atoms with Gasteiger partial charge in [-0.1, -0.05) is 477 Å². The molecule has 0 aromatic rings. The van der Waals surface area contributed by atoms with E-state index in [-0.39, 0.29) is 25.7 Å². The first-order chi connectivity index (χ1) is 55.7. The number of unbranched alkanes of at least 4 members (excludes halogenated alkanes) is 70. The number of carbonyl (C=O) groups is 4. The van der Waals surface area contributed by atoms with E-state index in [4.69, 9.17) is 37.0 Å². The zero-order chi connectivity index (χ0) is 83.1. The molecule has 0 aliphatic carbocycles. The molecule has 0 fully saturated rings. The standard InChI is InChI=1S/C95H186O17P2/c1-5-9-13-17-21-25-29-33-36-39-42-44-46-49-52-55-58-62-66-70-74-78-82-95(100)112-91(86-106-93(98)80-76-72-68-64-60-56-53-50-48-45-43-40-37-34-30-26-22-18-14-10-6-2)88-110-114(103,104)108-84-89(96)83-107-113(101,102)109-87-90(85-105-92(97)79-75-71-67-63-59-32-28-24-20-16-12-8-4)111-94(99)81-77-73-69-65-61-57-54-51-47-41-38-35-31-27-23-19-15-11-7-3/h89-91,96H,5-88H2,1-4H3,(H,101,102)(H,103,104)/t89-,90+,91+/m0/s1. The van der Waals surface area contributed by atoms with Crippen LogP contribution in [0.4, 0.5) is 0 Å². The van der Waals surface area contributed by atoms with Crippen molar-refractivity contribution in [1.29, 1.82) is 0 Å². The van der Waals surface area contributed by atoms with E-state index in [9.17, 15) is 43.2 Å². The number of carbonyl (C=O) groups excluding carboxylic acids is 4. The van der Waals surface area contributed by atoms with Crippen molar-refractivity contribution in [2.75, 3.05) is 39.6 Å². The van der Waals surface area contributed by atoms with Gasteiger partial charge in [0.2, 0.25) is 0 Å². The molecule has 0 aromatic heterocycles. The van der Waals surface area contributed by atoms with Crippen molar-refractivity contribution in [1.82, 2.24) is 0 Å². The highest BCUT2D eigenvalue weighted by molar-refractivity contribution is 7.47. The summed E-state index contributed by atoms with van der Waals surface area (Å²) in [6.45, 7) is 5.11. The highest BCUT2D eigenvalue weighted by Crippen LogP contribution is 2.45. The molecule has 2 unspecified atom stereocenters. The van der Waals surface area contributed by atoms with Gasteiger partial charge >= 0.3 is 39.5 Å². The fourth-order valence-electron chi connectivity index (χ4n) is 15.1. The van der Waals surface area contributed by atoms with Crippen molar-refractivity contribution in [2.45, 2.75) is 547 Å². The van der Waals surface area contributed by atoms with Crippen LogP contribution in [0.1, 0.15) is 529 Å². The third-order valence-corrected chi connectivity index (χ3v) is 24.5. The molecule has 0 rings (SSSR count). The Hall–Kier alpha value is -1.94. The van der Waals surface area contributed by atoms with Crippen LogP contribution >= 0.6 is 15.6 Å². The predicted molar refractivity (Wildman–Crippen MR) is 474 cm³/mol. The molecule has 0 saturated heterocycles. The molecule has 3 N–H and O–H groups in total. The second kappa shape index (κ2) is 88.8. The minimum Gasteiger partial charge on any atom is -0.462 e. The number of esters is 4. The van der Waals surface area contributed by atoms with Gasteiger partial charge in [-0.05, 0) is 25.7 Å². The maximum atomic E-state index is 13.2. The topological polar surface area (TPSA) is 237 Å². The Morgan fingerprint density at radius 3 is 0.518 bits per heavy atom. The summed E-state index contributed by atoms with van der Waals surface area (Å²) >= 11 is 0. The fourth-order valence-corrected chi connectivity index (χ4v) is 16.7. The summed E-state index contributed by atoms with van der Waals surface area (Å²) in [4.78, 5) is 73.6. The van der Waals surface area contributed by atoms with Crippen molar-refractivity contribution in [3.63, 3.8) is 0 Å². The first kappa shape index (κ1) is 112. The maximum absolute atomic E-state index is 13.2. The Balaban J connectivity index is 5.23. The van der Waals surface area contributed by atoms with Gasteiger partial charge in [-0.15, -0.1) is 0 Å². The highest BCUT2D eigenvalue weighted by atomic mass is 31.2. The van der Waals surface area contributed by atoms with Crippen LogP contribution in [0.5, 0.6) is 0 Å². The van der Waals surface area contributed by atoms with Crippen LogP contribution < -0.4 is 0 Å². The summed E-state index contributed by atoms with van der Waals surface area (Å²) < 4.78 is 69.2. The Bertz CT molecular complexity index is 2140. The van der Waals surface area contributed by atoms with Crippen molar-refractivity contribution in [2.24, 2.45) is 0 Å². The summed E-state index contributed by atoms with van der Waals surface area (Å²) in [5.41, 5.74) is 0. The molecule has 5 atom stereocenters. The van der Waals surface area contributed by atoms with Crippen molar-refractivity contribution in [3.05, 3.63) is 0 Å². The number of aliphatic hydroxyl groups is 1. The average molecular weight is 1660 g/mol. The third kappa shape index (κ3) is 87.9. The van der Waals surface area contributed by atoms with E-state index in [1.807, 2.05) is 0 Å². The van der Waals surface area contributed by atoms with Gasteiger partial charge in [0, 0.05) is 25.7 Å². The van der Waals surface area contributed by atoms with Crippen LogP contribution in [0.2, 0.25) is 0 Å². The lowest BCUT2D eigenvalue weighted by molar-refractivity contribution is -0.161. The van der Waals surface area contributed by atoms with Gasteiger partial charge in [0.25, 0.3) is 0 Å². The minimum absolute atomic E-state index is 0.110. The maximum Gasteiger partial charge on any atom is 0.472 e. The number of hydrogen-bond donors (Lipinski definition) is 3. The summed E-state index contributed by atoms with van der Waals surface area (Å²) in [6.07, 6.45) is 87.7. The van der Waals surface area contributed by atoms with E-state index < -0.39 is 97.5 Å². The van der Waals surface area contributed by atoms with Crippen LogP contribution in [-0.4, -0.2) is 96.7 Å². The smallest absolute Gasteiger partial charge is 0.462 e. The Morgan fingerprint density at radius 1 is 0.211 bits per heavy atom. The van der Waals surface area contributed by atoms with Gasteiger partial charge in [-0.3, -0.25) is 37.3 Å². The van der Waals surface area contributed by atoms with E-state index >= 15 is 0 Å². The summed E-state index contributed by atoms with van der Waals surface area (Å²) in [7, 11) is -9.94. The molecule has 0 spiro atoms. The van der Waals surface area contributed by atoms with Gasteiger partial charge in [0.1, 0.15) is 19.3 Å². The third-order valence-electron chi connectivity index (χ3n) is 22.6. The van der Waals surface area contributed by atoms with Crippen molar-refractivity contribution in [3.8, 4) is 0 Å². The van der Waals surface area contributed by atoms with Gasteiger partial charge in [0.05, 0.1) is 26.4 Å². The zero-order valence-electron chi connectivity index (χ0n) is 75.1. The molecular weight excluding hydrogens is 1470 g/mol. The molecule has 0 bridgehead atoms. The summed E-state index contributed by atoms with van der Waals surface area (Å²) in [6, 6.07) is 0.